The molecule has 2 N–H and O–H groups in total. The maximum Gasteiger partial charge on any atom is 0.0973 e. The Morgan fingerprint density at radius 1 is 0.270 bits per heavy atom. The van der Waals surface area contributed by atoms with Gasteiger partial charge in [0.05, 0.1) is 44.5 Å². The molecule has 6 heteroatoms. The normalized spacial score (nSPS) is 11.5. The van der Waals surface area contributed by atoms with Gasteiger partial charge in [-0.1, -0.05) is 158 Å². The fraction of sp³-hybridized carbons (Fsp3) is 0. The van der Waals surface area contributed by atoms with Gasteiger partial charge in [-0.05, 0) is 120 Å². The van der Waals surface area contributed by atoms with E-state index in [4.69, 9.17) is 9.97 Å². The van der Waals surface area contributed by atoms with Gasteiger partial charge in [0.15, 0.2) is 0 Å². The third-order valence-electron chi connectivity index (χ3n) is 14.3. The van der Waals surface area contributed by atoms with E-state index in [1.54, 1.807) is 0 Å². The van der Waals surface area contributed by atoms with Gasteiger partial charge in [-0.15, -0.1) is 0 Å². The van der Waals surface area contributed by atoms with E-state index >= 15 is 0 Å². The van der Waals surface area contributed by atoms with Crippen LogP contribution in [0, 0.1) is 0 Å². The van der Waals surface area contributed by atoms with E-state index in [0.717, 1.165) is 89.9 Å². The molecule has 0 bridgehead atoms. The molecule has 0 amide bonds. The van der Waals surface area contributed by atoms with E-state index < -0.39 is 0 Å². The van der Waals surface area contributed by atoms with Crippen molar-refractivity contribution in [1.82, 2.24) is 19.1 Å². The average molecular weight is 947 g/mol. The van der Waals surface area contributed by atoms with Crippen LogP contribution in [0.2, 0.25) is 0 Å². The minimum absolute atomic E-state index is 0.809. The van der Waals surface area contributed by atoms with Gasteiger partial charge >= 0.3 is 0 Å². The first-order chi connectivity index (χ1) is 36.7. The molecule has 0 atom stereocenters. The number of benzene rings is 11. The lowest BCUT2D eigenvalue weighted by Gasteiger charge is -2.18. The summed E-state index contributed by atoms with van der Waals surface area (Å²) in [5.41, 5.74) is 20.5. The molecule has 0 aliphatic heterocycles. The van der Waals surface area contributed by atoms with E-state index in [1.165, 1.54) is 43.6 Å². The van der Waals surface area contributed by atoms with Crippen LogP contribution in [-0.2, 0) is 0 Å². The number of para-hydroxylation sites is 6. The first-order valence-electron chi connectivity index (χ1n) is 25.1. The molecule has 0 radical (unpaired) electrons. The highest BCUT2D eigenvalue weighted by Gasteiger charge is 2.19. The van der Waals surface area contributed by atoms with Crippen molar-refractivity contribution in [2.45, 2.75) is 0 Å². The van der Waals surface area contributed by atoms with Crippen LogP contribution in [0.25, 0.3) is 111 Å². The SMILES string of the molecule is c1ccc(-c2cc(-c3nc4ccccc4nc3-c3ccc(Nc4ccc(-n5c6ccccc6c6ccccc65)cc4)c(-c4ccccc4)c3)ccc2Nc2ccc(-n3c4ccccc4c4ccccc43)cc2)cc1. The largest absolute Gasteiger partial charge is 0.355 e. The summed E-state index contributed by atoms with van der Waals surface area (Å²) in [5, 5.41) is 12.6. The standard InChI is InChI=1S/C68H46N6/c1-3-17-45(18-4-1)57-43-47(31-41-59(57)69-49-33-37-51(38-34-49)73-63-27-13-7-21-53(63)54-22-8-14-28-64(54)73)67-68(72-62-26-12-11-25-61(62)71-67)48-32-42-60(58(44-48)46-19-5-2-6-20-46)70-50-35-39-52(40-36-50)74-65-29-15-9-23-55(65)56-24-10-16-30-66(56)74/h1-44,69-70H. The number of aromatic nitrogens is 4. The van der Waals surface area contributed by atoms with Crippen molar-refractivity contribution in [3.05, 3.63) is 267 Å². The molecule has 0 unspecified atom stereocenters. The monoisotopic (exact) mass is 946 g/mol. The van der Waals surface area contributed by atoms with Crippen molar-refractivity contribution in [2.75, 3.05) is 10.6 Å². The maximum absolute atomic E-state index is 5.40. The van der Waals surface area contributed by atoms with Crippen LogP contribution in [0.3, 0.4) is 0 Å². The molecule has 0 saturated carbocycles. The predicted molar refractivity (Wildman–Crippen MR) is 309 cm³/mol. The van der Waals surface area contributed by atoms with Gasteiger partial charge in [-0.25, -0.2) is 9.97 Å². The number of fused-ring (bicyclic) bond motifs is 7. The van der Waals surface area contributed by atoms with Crippen LogP contribution >= 0.6 is 0 Å². The van der Waals surface area contributed by atoms with E-state index in [9.17, 15) is 0 Å². The van der Waals surface area contributed by atoms with Gasteiger partial charge in [-0.2, -0.15) is 0 Å². The summed E-state index contributed by atoms with van der Waals surface area (Å²) in [6.07, 6.45) is 0. The second kappa shape index (κ2) is 18.0. The summed E-state index contributed by atoms with van der Waals surface area (Å²) in [5.74, 6) is 0. The maximum atomic E-state index is 5.40. The minimum atomic E-state index is 0.809. The molecule has 0 aliphatic rings. The highest BCUT2D eigenvalue weighted by atomic mass is 15.0. The Morgan fingerprint density at radius 3 is 0.959 bits per heavy atom. The Balaban J connectivity index is 0.835. The number of nitrogens with one attached hydrogen (secondary N) is 2. The molecule has 11 aromatic carbocycles. The Hall–Kier alpha value is -10.0. The zero-order valence-corrected chi connectivity index (χ0v) is 40.2. The minimum Gasteiger partial charge on any atom is -0.355 e. The Kier molecular flexibility index (Phi) is 10.4. The van der Waals surface area contributed by atoms with Gasteiger partial charge < -0.3 is 19.8 Å². The summed E-state index contributed by atoms with van der Waals surface area (Å²) in [4.78, 5) is 10.8. The fourth-order valence-corrected chi connectivity index (χ4v) is 10.8. The van der Waals surface area contributed by atoms with Gasteiger partial charge in [-0.3, -0.25) is 0 Å². The number of nitrogens with zero attached hydrogens (tertiary/aromatic N) is 4. The molecule has 14 rings (SSSR count). The van der Waals surface area contributed by atoms with Crippen LogP contribution in [0.4, 0.5) is 22.7 Å². The van der Waals surface area contributed by atoms with Crippen molar-refractivity contribution >= 4 is 77.4 Å². The van der Waals surface area contributed by atoms with Crippen molar-refractivity contribution in [3.8, 4) is 56.1 Å². The smallest absolute Gasteiger partial charge is 0.0973 e. The fourth-order valence-electron chi connectivity index (χ4n) is 10.8. The Bertz CT molecular complexity index is 4010. The van der Waals surface area contributed by atoms with Crippen LogP contribution < -0.4 is 10.6 Å². The van der Waals surface area contributed by atoms with E-state index in [1.807, 2.05) is 24.3 Å². The number of rotatable bonds is 10. The van der Waals surface area contributed by atoms with Crippen LogP contribution in [0.1, 0.15) is 0 Å². The van der Waals surface area contributed by atoms with Crippen molar-refractivity contribution in [2.24, 2.45) is 0 Å². The van der Waals surface area contributed by atoms with Gasteiger partial charge in [0.1, 0.15) is 0 Å². The molecule has 348 valence electrons. The number of hydrogen-bond donors (Lipinski definition) is 2. The number of hydrogen-bond acceptors (Lipinski definition) is 4. The van der Waals surface area contributed by atoms with E-state index in [-0.39, 0.29) is 0 Å². The molecule has 3 heterocycles. The third-order valence-corrected chi connectivity index (χ3v) is 14.3. The second-order valence-corrected chi connectivity index (χ2v) is 18.7. The summed E-state index contributed by atoms with van der Waals surface area (Å²) in [7, 11) is 0. The van der Waals surface area contributed by atoms with Crippen LogP contribution in [0.15, 0.2) is 267 Å². The molecule has 0 fully saturated rings. The summed E-state index contributed by atoms with van der Waals surface area (Å²) in [6, 6.07) is 94.4. The predicted octanol–water partition coefficient (Wildman–Crippen LogP) is 18.0. The van der Waals surface area contributed by atoms with E-state index in [0.29, 0.717) is 0 Å². The van der Waals surface area contributed by atoms with Crippen molar-refractivity contribution in [1.29, 1.82) is 0 Å². The number of anilines is 4. The highest BCUT2D eigenvalue weighted by molar-refractivity contribution is 6.10. The Labute approximate surface area is 428 Å². The molecular weight excluding hydrogens is 901 g/mol. The molecule has 14 aromatic rings. The molecule has 0 saturated heterocycles. The third kappa shape index (κ3) is 7.52. The van der Waals surface area contributed by atoms with Crippen LogP contribution in [0.5, 0.6) is 0 Å². The first kappa shape index (κ1) is 42.8. The van der Waals surface area contributed by atoms with Gasteiger partial charge in [0.25, 0.3) is 0 Å². The zero-order chi connectivity index (χ0) is 49.0. The van der Waals surface area contributed by atoms with Crippen molar-refractivity contribution < 1.29 is 0 Å². The van der Waals surface area contributed by atoms with Crippen LogP contribution in [-0.4, -0.2) is 19.1 Å². The topological polar surface area (TPSA) is 59.7 Å². The first-order valence-corrected chi connectivity index (χ1v) is 25.1. The molecule has 0 aliphatic carbocycles. The van der Waals surface area contributed by atoms with Gasteiger partial charge in [0, 0.05) is 77.9 Å². The molecule has 0 spiro atoms. The second-order valence-electron chi connectivity index (χ2n) is 18.7. The summed E-state index contributed by atoms with van der Waals surface area (Å²) >= 11 is 0. The van der Waals surface area contributed by atoms with Gasteiger partial charge in [0.2, 0.25) is 0 Å². The molecule has 3 aromatic heterocycles. The molecule has 6 nitrogen and oxygen atoms in total. The highest BCUT2D eigenvalue weighted by Crippen LogP contribution is 2.41. The molecular formula is C68H46N6. The zero-order valence-electron chi connectivity index (χ0n) is 40.2. The van der Waals surface area contributed by atoms with E-state index in [2.05, 4.69) is 262 Å². The summed E-state index contributed by atoms with van der Waals surface area (Å²) < 4.78 is 4.69. The quantitative estimate of drug-likeness (QED) is 0.143. The Morgan fingerprint density at radius 2 is 0.595 bits per heavy atom. The average Bonchev–Trinajstić information content (AvgIpc) is 4.01. The lowest BCUT2D eigenvalue weighted by molar-refractivity contribution is 1.18. The lowest BCUT2D eigenvalue weighted by Crippen LogP contribution is -1.99. The summed E-state index contributed by atoms with van der Waals surface area (Å²) in [6.45, 7) is 0. The van der Waals surface area contributed by atoms with Crippen molar-refractivity contribution in [3.63, 3.8) is 0 Å². The molecule has 74 heavy (non-hydrogen) atoms. The lowest BCUT2D eigenvalue weighted by atomic mass is 9.95.